The van der Waals surface area contributed by atoms with Crippen LogP contribution in [0.1, 0.15) is 28.9 Å². The van der Waals surface area contributed by atoms with Crippen LogP contribution >= 0.6 is 12.2 Å². The molecule has 31 heavy (non-hydrogen) atoms. The van der Waals surface area contributed by atoms with Crippen LogP contribution in [-0.4, -0.2) is 34.0 Å². The molecule has 2 aromatic carbocycles. The molecular weight excluding hydrogens is 408 g/mol. The highest BCUT2D eigenvalue weighted by Crippen LogP contribution is 2.24. The topological polar surface area (TPSA) is 66.5 Å². The Balaban J connectivity index is 1.35. The second-order valence-corrected chi connectivity index (χ2v) is 7.86. The van der Waals surface area contributed by atoms with Crippen LogP contribution in [0, 0.1) is 6.92 Å². The highest BCUT2D eigenvalue weighted by atomic mass is 32.1. The lowest BCUT2D eigenvalue weighted by atomic mass is 10.2. The molecule has 0 bridgehead atoms. The summed E-state index contributed by atoms with van der Waals surface area (Å²) in [5.74, 6) is 1.20. The van der Waals surface area contributed by atoms with Crippen LogP contribution in [0.15, 0.2) is 66.9 Å². The number of hydrogen-bond acceptors (Lipinski definition) is 4. The highest BCUT2D eigenvalue weighted by Gasteiger charge is 2.20. The largest absolute Gasteiger partial charge is 0.457 e. The van der Waals surface area contributed by atoms with Gasteiger partial charge in [-0.15, -0.1) is 0 Å². The molecule has 1 saturated heterocycles. The molecule has 1 aromatic heterocycles. The number of pyridine rings is 1. The first-order valence-electron chi connectivity index (χ1n) is 10.2. The van der Waals surface area contributed by atoms with Crippen molar-refractivity contribution in [2.75, 3.05) is 23.7 Å². The molecule has 6 nitrogen and oxygen atoms in total. The summed E-state index contributed by atoms with van der Waals surface area (Å²) in [6, 6.07) is 18.9. The number of anilines is 2. The smallest absolute Gasteiger partial charge is 0.272 e. The van der Waals surface area contributed by atoms with Crippen LogP contribution in [0.3, 0.4) is 0 Å². The van der Waals surface area contributed by atoms with Gasteiger partial charge in [0.15, 0.2) is 5.11 Å². The van der Waals surface area contributed by atoms with Gasteiger partial charge < -0.3 is 20.3 Å². The zero-order chi connectivity index (χ0) is 21.6. The summed E-state index contributed by atoms with van der Waals surface area (Å²) in [5.41, 5.74) is 3.35. The van der Waals surface area contributed by atoms with Crippen LogP contribution < -0.4 is 15.4 Å². The van der Waals surface area contributed by atoms with Crippen molar-refractivity contribution in [2.45, 2.75) is 19.8 Å². The summed E-state index contributed by atoms with van der Waals surface area (Å²) in [6.07, 6.45) is 3.70. The van der Waals surface area contributed by atoms with Crippen molar-refractivity contribution >= 4 is 34.6 Å². The molecule has 2 heterocycles. The molecule has 1 fully saturated rings. The Bertz CT molecular complexity index is 1080. The van der Waals surface area contributed by atoms with Gasteiger partial charge in [-0.05, 0) is 80.0 Å². The lowest BCUT2D eigenvalue weighted by Crippen LogP contribution is -2.28. The number of ether oxygens (including phenoxy) is 1. The van der Waals surface area contributed by atoms with Gasteiger partial charge in [0, 0.05) is 36.7 Å². The summed E-state index contributed by atoms with van der Waals surface area (Å²) >= 11 is 5.39. The molecule has 0 aliphatic carbocycles. The number of rotatable bonds is 5. The summed E-state index contributed by atoms with van der Waals surface area (Å²) in [4.78, 5) is 18.6. The number of nitrogens with one attached hydrogen (secondary N) is 2. The van der Waals surface area contributed by atoms with E-state index in [1.165, 1.54) is 0 Å². The second-order valence-electron chi connectivity index (χ2n) is 7.45. The number of carbonyl (C=O) groups is 1. The first kappa shape index (κ1) is 20.8. The fraction of sp³-hybridized carbons (Fsp3) is 0.208. The number of nitrogens with zero attached hydrogens (tertiary/aromatic N) is 2. The van der Waals surface area contributed by atoms with Crippen LogP contribution in [-0.2, 0) is 0 Å². The fourth-order valence-corrected chi connectivity index (χ4v) is 3.67. The zero-order valence-electron chi connectivity index (χ0n) is 17.3. The molecule has 0 unspecified atom stereocenters. The van der Waals surface area contributed by atoms with Gasteiger partial charge in [0.25, 0.3) is 5.91 Å². The van der Waals surface area contributed by atoms with Gasteiger partial charge in [-0.2, -0.15) is 0 Å². The van der Waals surface area contributed by atoms with Gasteiger partial charge in [-0.25, -0.2) is 0 Å². The summed E-state index contributed by atoms with van der Waals surface area (Å²) in [7, 11) is 0. The number of thiocarbonyl (C=S) groups is 1. The maximum atomic E-state index is 12.5. The SMILES string of the molecule is Cc1cccc(NC(=S)Nc2ccc(Oc3ccnc(C(=O)N4CCCC4)c3)cc2)c1. The number of aryl methyl sites for hydroxylation is 1. The number of amides is 1. The van der Waals surface area contributed by atoms with Crippen LogP contribution in [0.25, 0.3) is 0 Å². The maximum absolute atomic E-state index is 12.5. The Labute approximate surface area is 187 Å². The normalized spacial score (nSPS) is 13.0. The van der Waals surface area contributed by atoms with Crippen LogP contribution in [0.4, 0.5) is 11.4 Å². The fourth-order valence-electron chi connectivity index (χ4n) is 3.43. The number of benzene rings is 2. The van der Waals surface area contributed by atoms with Gasteiger partial charge in [-0.3, -0.25) is 9.78 Å². The zero-order valence-corrected chi connectivity index (χ0v) is 18.1. The van der Waals surface area contributed by atoms with Gasteiger partial charge in [-0.1, -0.05) is 12.1 Å². The average molecular weight is 433 g/mol. The van der Waals surface area contributed by atoms with Crippen LogP contribution in [0.5, 0.6) is 11.5 Å². The number of likely N-dealkylation sites (tertiary alicyclic amines) is 1. The van der Waals surface area contributed by atoms with Crippen molar-refractivity contribution in [3.8, 4) is 11.5 Å². The van der Waals surface area contributed by atoms with E-state index >= 15 is 0 Å². The Kier molecular flexibility index (Phi) is 6.43. The molecule has 4 rings (SSSR count). The average Bonchev–Trinajstić information content (AvgIpc) is 3.30. The third kappa shape index (κ3) is 5.58. The first-order chi connectivity index (χ1) is 15.1. The molecule has 0 radical (unpaired) electrons. The van der Waals surface area contributed by atoms with Crippen molar-refractivity contribution in [3.05, 3.63) is 78.1 Å². The lowest BCUT2D eigenvalue weighted by molar-refractivity contribution is 0.0786. The van der Waals surface area contributed by atoms with E-state index in [-0.39, 0.29) is 5.91 Å². The number of carbonyl (C=O) groups excluding carboxylic acids is 1. The van der Waals surface area contributed by atoms with E-state index in [0.29, 0.717) is 22.3 Å². The van der Waals surface area contributed by atoms with Crippen molar-refractivity contribution in [3.63, 3.8) is 0 Å². The Hall–Kier alpha value is -3.45. The van der Waals surface area contributed by atoms with E-state index in [1.807, 2.05) is 60.4 Å². The minimum Gasteiger partial charge on any atom is -0.457 e. The maximum Gasteiger partial charge on any atom is 0.272 e. The molecule has 158 valence electrons. The molecular formula is C24H24N4O2S. The van der Waals surface area contributed by atoms with Gasteiger partial charge in [0.2, 0.25) is 0 Å². The predicted molar refractivity (Wildman–Crippen MR) is 127 cm³/mol. The minimum atomic E-state index is -0.0443. The summed E-state index contributed by atoms with van der Waals surface area (Å²) in [6.45, 7) is 3.62. The molecule has 1 aliphatic rings. The van der Waals surface area contributed by atoms with Crippen molar-refractivity contribution in [1.29, 1.82) is 0 Å². The monoisotopic (exact) mass is 432 g/mol. The van der Waals surface area contributed by atoms with E-state index in [1.54, 1.807) is 18.3 Å². The van der Waals surface area contributed by atoms with Gasteiger partial charge >= 0.3 is 0 Å². The predicted octanol–water partition coefficient (Wildman–Crippen LogP) is 5.23. The third-order valence-electron chi connectivity index (χ3n) is 4.97. The highest BCUT2D eigenvalue weighted by molar-refractivity contribution is 7.80. The molecule has 3 aromatic rings. The van der Waals surface area contributed by atoms with Crippen LogP contribution in [0.2, 0.25) is 0 Å². The minimum absolute atomic E-state index is 0.0443. The Morgan fingerprint density at radius 1 is 0.968 bits per heavy atom. The lowest BCUT2D eigenvalue weighted by Gasteiger charge is -2.15. The van der Waals surface area contributed by atoms with E-state index in [9.17, 15) is 4.79 Å². The second kappa shape index (κ2) is 9.57. The molecule has 0 saturated carbocycles. The Morgan fingerprint density at radius 3 is 2.45 bits per heavy atom. The molecule has 1 aliphatic heterocycles. The number of aromatic nitrogens is 1. The van der Waals surface area contributed by atoms with Gasteiger partial charge in [0.1, 0.15) is 17.2 Å². The van der Waals surface area contributed by atoms with E-state index < -0.39 is 0 Å². The van der Waals surface area contributed by atoms with Crippen molar-refractivity contribution < 1.29 is 9.53 Å². The summed E-state index contributed by atoms with van der Waals surface area (Å²) in [5, 5.41) is 6.85. The van der Waals surface area contributed by atoms with E-state index in [0.717, 1.165) is 42.9 Å². The molecule has 7 heteroatoms. The van der Waals surface area contributed by atoms with Gasteiger partial charge in [0.05, 0.1) is 0 Å². The molecule has 0 spiro atoms. The first-order valence-corrected chi connectivity index (χ1v) is 10.7. The van der Waals surface area contributed by atoms with E-state index in [2.05, 4.69) is 15.6 Å². The van der Waals surface area contributed by atoms with E-state index in [4.69, 9.17) is 17.0 Å². The quantitative estimate of drug-likeness (QED) is 0.539. The summed E-state index contributed by atoms with van der Waals surface area (Å²) < 4.78 is 5.91. The molecule has 2 N–H and O–H groups in total. The standard InChI is InChI=1S/C24H24N4O2S/c1-17-5-4-6-19(15-17)27-24(31)26-18-7-9-20(10-8-18)30-21-11-12-25-22(16-21)23(29)28-13-2-3-14-28/h4-12,15-16H,2-3,13-14H2,1H3,(H2,26,27,31). The molecule has 0 atom stereocenters. The van der Waals surface area contributed by atoms with Crippen molar-refractivity contribution in [1.82, 2.24) is 9.88 Å². The molecule has 1 amide bonds. The third-order valence-corrected chi connectivity index (χ3v) is 5.17. The van der Waals surface area contributed by atoms with Crippen molar-refractivity contribution in [2.24, 2.45) is 0 Å². The number of hydrogen-bond donors (Lipinski definition) is 2. The Morgan fingerprint density at radius 2 is 1.71 bits per heavy atom.